The minimum atomic E-state index is 0.204. The Kier molecular flexibility index (Phi) is 7.80. The van der Waals surface area contributed by atoms with Crippen LogP contribution in [0, 0.1) is 0 Å². The average Bonchev–Trinajstić information content (AvgIpc) is 2.83. The Balaban J connectivity index is 2.44. The maximum Gasteiger partial charge on any atom is 0.0804 e. The fourth-order valence-corrected chi connectivity index (χ4v) is 2.78. The third-order valence-corrected chi connectivity index (χ3v) is 3.87. The number of nitrogens with two attached hydrogens (primary N) is 1. The molecule has 0 aliphatic rings. The molecule has 5 heteroatoms. The van der Waals surface area contributed by atoms with Crippen molar-refractivity contribution in [3.05, 3.63) is 23.2 Å². The highest BCUT2D eigenvalue weighted by Gasteiger charge is 2.17. The number of allylic oxidation sites excluding steroid dienone is 1. The molecule has 1 rings (SSSR count). The summed E-state index contributed by atoms with van der Waals surface area (Å²) >= 11 is 1.47. The van der Waals surface area contributed by atoms with Gasteiger partial charge in [-0.25, -0.2) is 0 Å². The summed E-state index contributed by atoms with van der Waals surface area (Å²) in [6.45, 7) is 5.89. The molecule has 102 valence electrons. The molecular formula is C13H24N4S. The van der Waals surface area contributed by atoms with Crippen LogP contribution in [0.1, 0.15) is 62.1 Å². The molecule has 0 radical (unpaired) electrons. The summed E-state index contributed by atoms with van der Waals surface area (Å²) in [5.41, 5.74) is 4.01. The predicted molar refractivity (Wildman–Crippen MR) is 77.3 cm³/mol. The molecule has 0 aromatic carbocycles. The van der Waals surface area contributed by atoms with Crippen molar-refractivity contribution in [3.63, 3.8) is 0 Å². The summed E-state index contributed by atoms with van der Waals surface area (Å²) < 4.78 is 4.05. The quantitative estimate of drug-likeness (QED) is 0.296. The van der Waals surface area contributed by atoms with Gasteiger partial charge in [0.15, 0.2) is 0 Å². The molecule has 18 heavy (non-hydrogen) atoms. The molecule has 0 bridgehead atoms. The summed E-state index contributed by atoms with van der Waals surface area (Å²) in [7, 11) is 0. The highest BCUT2D eigenvalue weighted by Crippen LogP contribution is 2.25. The summed E-state index contributed by atoms with van der Waals surface area (Å²) in [6, 6.07) is 0.204. The topological polar surface area (TPSA) is 63.8 Å². The van der Waals surface area contributed by atoms with Gasteiger partial charge in [0.25, 0.3) is 0 Å². The van der Waals surface area contributed by atoms with Crippen LogP contribution in [0.25, 0.3) is 0 Å². The number of nitrogens with one attached hydrogen (secondary N) is 1. The third kappa shape index (κ3) is 4.84. The molecule has 0 aliphatic carbocycles. The molecule has 0 aliphatic heterocycles. The van der Waals surface area contributed by atoms with Crippen LogP contribution in [0.5, 0.6) is 0 Å². The maximum atomic E-state index is 5.65. The van der Waals surface area contributed by atoms with E-state index < -0.39 is 0 Å². The Morgan fingerprint density at radius 2 is 2.28 bits per heavy atom. The Hall–Kier alpha value is -0.780. The lowest BCUT2D eigenvalue weighted by Gasteiger charge is -2.14. The number of aryl methyl sites for hydroxylation is 1. The number of unbranched alkanes of at least 4 members (excludes halogenated alkanes) is 3. The normalized spacial score (nSPS) is 12.6. The van der Waals surface area contributed by atoms with Crippen molar-refractivity contribution >= 4 is 11.5 Å². The molecule has 3 N–H and O–H groups in total. The highest BCUT2D eigenvalue weighted by atomic mass is 32.1. The van der Waals surface area contributed by atoms with Gasteiger partial charge in [0, 0.05) is 0 Å². The Labute approximate surface area is 114 Å². The lowest BCUT2D eigenvalue weighted by Crippen LogP contribution is -2.28. The van der Waals surface area contributed by atoms with Crippen LogP contribution in [0.2, 0.25) is 0 Å². The monoisotopic (exact) mass is 268 g/mol. The van der Waals surface area contributed by atoms with Gasteiger partial charge in [-0.3, -0.25) is 11.3 Å². The van der Waals surface area contributed by atoms with Crippen molar-refractivity contribution in [1.29, 1.82) is 0 Å². The van der Waals surface area contributed by atoms with Gasteiger partial charge < -0.3 is 0 Å². The first-order chi connectivity index (χ1) is 8.83. The minimum Gasteiger partial charge on any atom is -0.271 e. The number of nitrogens with zero attached hydrogens (tertiary/aromatic N) is 2. The lowest BCUT2D eigenvalue weighted by atomic mass is 10.0. The Morgan fingerprint density at radius 1 is 1.44 bits per heavy atom. The van der Waals surface area contributed by atoms with Crippen molar-refractivity contribution in [2.75, 3.05) is 0 Å². The van der Waals surface area contributed by atoms with E-state index in [1.807, 2.05) is 6.08 Å². The van der Waals surface area contributed by atoms with E-state index in [4.69, 9.17) is 5.84 Å². The van der Waals surface area contributed by atoms with Crippen molar-refractivity contribution in [2.24, 2.45) is 5.84 Å². The van der Waals surface area contributed by atoms with Gasteiger partial charge in [-0.05, 0) is 37.2 Å². The zero-order valence-electron chi connectivity index (χ0n) is 11.2. The molecule has 0 saturated heterocycles. The fourth-order valence-electron chi connectivity index (χ4n) is 1.99. The zero-order chi connectivity index (χ0) is 13.2. The van der Waals surface area contributed by atoms with Gasteiger partial charge in [0.1, 0.15) is 0 Å². The standard InChI is InChI=1S/C13H24N4S/c1-3-5-6-7-8-10-11(15-14)13-12(9-4-2)16-17-18-13/h3,11,15H,1,4-10,14H2,2H3. The zero-order valence-corrected chi connectivity index (χ0v) is 12.0. The molecule has 1 heterocycles. The van der Waals surface area contributed by atoms with E-state index in [-0.39, 0.29) is 6.04 Å². The average molecular weight is 268 g/mol. The maximum absolute atomic E-state index is 5.65. The van der Waals surface area contributed by atoms with Crippen LogP contribution in [-0.2, 0) is 6.42 Å². The van der Waals surface area contributed by atoms with Gasteiger partial charge in [-0.15, -0.1) is 11.7 Å². The predicted octanol–water partition coefficient (Wildman–Crippen LogP) is 3.13. The second-order valence-electron chi connectivity index (χ2n) is 4.48. The second kappa shape index (κ2) is 9.19. The van der Waals surface area contributed by atoms with Gasteiger partial charge in [-0.2, -0.15) is 0 Å². The molecule has 0 amide bonds. The SMILES string of the molecule is C=CCCCCCC(NN)c1snnc1CCC. The molecule has 1 aromatic rings. The second-order valence-corrected chi connectivity index (χ2v) is 5.27. The number of aromatic nitrogens is 2. The summed E-state index contributed by atoms with van der Waals surface area (Å²) in [5, 5.41) is 4.19. The number of hydrazine groups is 1. The molecule has 1 unspecified atom stereocenters. The first-order valence-electron chi connectivity index (χ1n) is 6.71. The third-order valence-electron chi connectivity index (χ3n) is 2.99. The highest BCUT2D eigenvalue weighted by molar-refractivity contribution is 7.05. The van der Waals surface area contributed by atoms with Crippen LogP contribution < -0.4 is 11.3 Å². The van der Waals surface area contributed by atoms with Crippen LogP contribution in [0.4, 0.5) is 0 Å². The van der Waals surface area contributed by atoms with Gasteiger partial charge in [0.05, 0.1) is 16.6 Å². The minimum absolute atomic E-state index is 0.204. The largest absolute Gasteiger partial charge is 0.271 e. The summed E-state index contributed by atoms with van der Waals surface area (Å²) in [4.78, 5) is 1.21. The molecule has 1 atom stereocenters. The smallest absolute Gasteiger partial charge is 0.0804 e. The van der Waals surface area contributed by atoms with E-state index in [2.05, 4.69) is 28.5 Å². The first-order valence-corrected chi connectivity index (χ1v) is 7.49. The van der Waals surface area contributed by atoms with Gasteiger partial charge in [0.2, 0.25) is 0 Å². The Bertz CT molecular complexity index is 337. The van der Waals surface area contributed by atoms with E-state index in [0.29, 0.717) is 0 Å². The van der Waals surface area contributed by atoms with Crippen LogP contribution in [-0.4, -0.2) is 9.59 Å². The van der Waals surface area contributed by atoms with E-state index in [1.54, 1.807) is 0 Å². The van der Waals surface area contributed by atoms with Crippen LogP contribution in [0.3, 0.4) is 0 Å². The van der Waals surface area contributed by atoms with E-state index in [9.17, 15) is 0 Å². The Morgan fingerprint density at radius 3 is 2.94 bits per heavy atom. The molecule has 4 nitrogen and oxygen atoms in total. The molecule has 0 spiro atoms. The summed E-state index contributed by atoms with van der Waals surface area (Å²) in [5.74, 6) is 5.65. The van der Waals surface area contributed by atoms with Crippen molar-refractivity contribution < 1.29 is 0 Å². The van der Waals surface area contributed by atoms with Crippen molar-refractivity contribution in [2.45, 2.75) is 57.9 Å². The molecule has 1 aromatic heterocycles. The number of hydrogen-bond acceptors (Lipinski definition) is 5. The molecule has 0 saturated carbocycles. The van der Waals surface area contributed by atoms with E-state index >= 15 is 0 Å². The van der Waals surface area contributed by atoms with E-state index in [0.717, 1.165) is 31.4 Å². The first kappa shape index (κ1) is 15.3. The van der Waals surface area contributed by atoms with Crippen molar-refractivity contribution in [3.8, 4) is 0 Å². The number of rotatable bonds is 10. The van der Waals surface area contributed by atoms with Crippen LogP contribution in [0.15, 0.2) is 12.7 Å². The van der Waals surface area contributed by atoms with E-state index in [1.165, 1.54) is 35.7 Å². The fraction of sp³-hybridized carbons (Fsp3) is 0.692. The summed E-state index contributed by atoms with van der Waals surface area (Å²) in [6.07, 6.45) is 9.81. The molecular weight excluding hydrogens is 244 g/mol. The van der Waals surface area contributed by atoms with Crippen molar-refractivity contribution in [1.82, 2.24) is 15.0 Å². The number of hydrogen-bond donors (Lipinski definition) is 2. The lowest BCUT2D eigenvalue weighted by molar-refractivity contribution is 0.486. The molecule has 0 fully saturated rings. The van der Waals surface area contributed by atoms with Crippen LogP contribution >= 0.6 is 11.5 Å². The van der Waals surface area contributed by atoms with Gasteiger partial charge in [-0.1, -0.05) is 36.8 Å². The van der Waals surface area contributed by atoms with Gasteiger partial charge >= 0.3 is 0 Å².